The van der Waals surface area contributed by atoms with Crippen molar-refractivity contribution in [2.24, 2.45) is 16.8 Å². The van der Waals surface area contributed by atoms with Crippen LogP contribution in [0.3, 0.4) is 0 Å². The molecule has 2 aliphatic rings. The molecule has 0 radical (unpaired) electrons. The number of piperidine rings is 1. The fourth-order valence-corrected chi connectivity index (χ4v) is 3.78. The van der Waals surface area contributed by atoms with E-state index >= 15 is 0 Å². The van der Waals surface area contributed by atoms with Crippen LogP contribution >= 0.6 is 0 Å². The Hall–Kier alpha value is -1.34. The lowest BCUT2D eigenvalue weighted by Gasteiger charge is -2.34. The number of esters is 1. The van der Waals surface area contributed by atoms with Crippen LogP contribution in [0, 0.1) is 11.8 Å². The van der Waals surface area contributed by atoms with Crippen LogP contribution in [0.25, 0.3) is 0 Å². The largest absolute Gasteiger partial charge is 0.466 e. The van der Waals surface area contributed by atoms with E-state index in [0.29, 0.717) is 12.5 Å². The van der Waals surface area contributed by atoms with E-state index in [0.717, 1.165) is 77.7 Å². The maximum absolute atomic E-state index is 11.9. The van der Waals surface area contributed by atoms with Crippen molar-refractivity contribution in [1.82, 2.24) is 20.0 Å². The first-order valence-electron chi connectivity index (χ1n) is 10.6. The number of hydrogen-bond acceptors (Lipinski definition) is 5. The van der Waals surface area contributed by atoms with Gasteiger partial charge in [-0.25, -0.2) is 0 Å². The van der Waals surface area contributed by atoms with Crippen molar-refractivity contribution < 1.29 is 9.53 Å². The Morgan fingerprint density at radius 3 is 2.41 bits per heavy atom. The second kappa shape index (κ2) is 11.5. The van der Waals surface area contributed by atoms with Crippen LogP contribution in [-0.2, 0) is 9.53 Å². The first kappa shape index (κ1) is 22.0. The van der Waals surface area contributed by atoms with E-state index in [2.05, 4.69) is 40.9 Å². The van der Waals surface area contributed by atoms with E-state index in [1.165, 1.54) is 0 Å². The Kier molecular flexibility index (Phi) is 9.34. The zero-order chi connectivity index (χ0) is 19.6. The van der Waals surface area contributed by atoms with Crippen LogP contribution in [0.15, 0.2) is 4.99 Å². The molecule has 2 aliphatic heterocycles. The molecule has 1 N–H and O–H groups in total. The zero-order valence-corrected chi connectivity index (χ0v) is 17.7. The van der Waals surface area contributed by atoms with Crippen LogP contribution in [0.5, 0.6) is 0 Å². The van der Waals surface area contributed by atoms with Gasteiger partial charge in [-0.2, -0.15) is 0 Å². The highest BCUT2D eigenvalue weighted by molar-refractivity contribution is 5.80. The average molecular weight is 382 g/mol. The molecule has 0 amide bonds. The Balaban J connectivity index is 1.80. The lowest BCUT2D eigenvalue weighted by atomic mass is 9.97. The number of nitrogens with one attached hydrogen (secondary N) is 1. The van der Waals surface area contributed by atoms with Crippen molar-refractivity contribution in [2.75, 3.05) is 72.6 Å². The first-order chi connectivity index (χ1) is 13.0. The molecule has 0 saturated carbocycles. The maximum atomic E-state index is 11.9. The normalized spacial score (nSPS) is 21.9. The molecule has 7 heteroatoms. The fourth-order valence-electron chi connectivity index (χ4n) is 3.78. The molecule has 0 bridgehead atoms. The van der Waals surface area contributed by atoms with Crippen LogP contribution in [0.1, 0.15) is 33.6 Å². The minimum Gasteiger partial charge on any atom is -0.466 e. The molecule has 0 aromatic carbocycles. The summed E-state index contributed by atoms with van der Waals surface area (Å²) in [5.74, 6) is 1.53. The van der Waals surface area contributed by atoms with Gasteiger partial charge in [0.1, 0.15) is 0 Å². The molecular formula is C20H39N5O2. The Bertz CT molecular complexity index is 469. The van der Waals surface area contributed by atoms with Gasteiger partial charge >= 0.3 is 5.97 Å². The summed E-state index contributed by atoms with van der Waals surface area (Å²) < 4.78 is 5.17. The van der Waals surface area contributed by atoms with Gasteiger partial charge in [0.05, 0.1) is 12.5 Å². The molecule has 0 aromatic rings. The SMILES string of the molecule is CCNC(=NCC(C)CN1CCN(C)CC1)N1CCC(C(=O)OCC)CC1. The number of likely N-dealkylation sites (N-methyl/N-ethyl adjacent to an activating group) is 1. The summed E-state index contributed by atoms with van der Waals surface area (Å²) in [5, 5.41) is 3.43. The molecule has 1 unspecified atom stereocenters. The Morgan fingerprint density at radius 1 is 1.15 bits per heavy atom. The van der Waals surface area contributed by atoms with E-state index in [4.69, 9.17) is 9.73 Å². The third-order valence-electron chi connectivity index (χ3n) is 5.47. The van der Waals surface area contributed by atoms with Gasteiger partial charge in [-0.05, 0) is 39.7 Å². The third-order valence-corrected chi connectivity index (χ3v) is 5.47. The number of ether oxygens (including phenoxy) is 1. The van der Waals surface area contributed by atoms with Gasteiger partial charge in [0.2, 0.25) is 0 Å². The summed E-state index contributed by atoms with van der Waals surface area (Å²) in [6, 6.07) is 0. The minimum atomic E-state index is -0.0418. The highest BCUT2D eigenvalue weighted by atomic mass is 16.5. The maximum Gasteiger partial charge on any atom is 0.309 e. The van der Waals surface area contributed by atoms with Crippen molar-refractivity contribution in [3.05, 3.63) is 0 Å². The number of guanidine groups is 1. The lowest BCUT2D eigenvalue weighted by molar-refractivity contribution is -0.149. The number of nitrogens with zero attached hydrogens (tertiary/aromatic N) is 4. The molecule has 1 atom stereocenters. The fraction of sp³-hybridized carbons (Fsp3) is 0.900. The minimum absolute atomic E-state index is 0.0418. The highest BCUT2D eigenvalue weighted by Gasteiger charge is 2.27. The van der Waals surface area contributed by atoms with Crippen LogP contribution < -0.4 is 5.32 Å². The smallest absolute Gasteiger partial charge is 0.309 e. The van der Waals surface area contributed by atoms with Gasteiger partial charge in [-0.3, -0.25) is 9.79 Å². The van der Waals surface area contributed by atoms with Crippen molar-refractivity contribution in [3.8, 4) is 0 Å². The van der Waals surface area contributed by atoms with Crippen LogP contribution in [-0.4, -0.2) is 99.2 Å². The topological polar surface area (TPSA) is 60.4 Å². The number of aliphatic imine (C=N–C) groups is 1. The second-order valence-corrected chi connectivity index (χ2v) is 7.92. The number of carbonyl (C=O) groups excluding carboxylic acids is 1. The number of piperazine rings is 1. The van der Waals surface area contributed by atoms with Gasteiger partial charge in [-0.15, -0.1) is 0 Å². The van der Waals surface area contributed by atoms with Gasteiger partial charge in [-0.1, -0.05) is 6.92 Å². The second-order valence-electron chi connectivity index (χ2n) is 7.92. The van der Waals surface area contributed by atoms with E-state index in [1.807, 2.05) is 6.92 Å². The standard InChI is InChI=1S/C20H39N5O2/c1-5-21-20(25-9-7-18(8-10-25)19(26)27-6-2)22-15-17(3)16-24-13-11-23(4)12-14-24/h17-18H,5-16H2,1-4H3,(H,21,22). The predicted molar refractivity (Wildman–Crippen MR) is 110 cm³/mol. The van der Waals surface area contributed by atoms with Crippen LogP contribution in [0.4, 0.5) is 0 Å². The van der Waals surface area contributed by atoms with Gasteiger partial charge < -0.3 is 24.8 Å². The monoisotopic (exact) mass is 381 g/mol. The van der Waals surface area contributed by atoms with Crippen molar-refractivity contribution in [3.63, 3.8) is 0 Å². The molecule has 156 valence electrons. The lowest BCUT2D eigenvalue weighted by Crippen LogP contribution is -2.47. The summed E-state index contributed by atoms with van der Waals surface area (Å²) in [5.41, 5.74) is 0. The summed E-state index contributed by atoms with van der Waals surface area (Å²) >= 11 is 0. The molecule has 2 heterocycles. The molecule has 2 saturated heterocycles. The van der Waals surface area contributed by atoms with Crippen molar-refractivity contribution in [1.29, 1.82) is 0 Å². The Morgan fingerprint density at radius 2 is 1.81 bits per heavy atom. The summed E-state index contributed by atoms with van der Waals surface area (Å²) in [4.78, 5) is 24.1. The number of rotatable bonds is 7. The number of carbonyl (C=O) groups is 1. The van der Waals surface area contributed by atoms with Crippen LogP contribution in [0.2, 0.25) is 0 Å². The molecule has 2 rings (SSSR count). The van der Waals surface area contributed by atoms with E-state index in [1.54, 1.807) is 0 Å². The molecule has 2 fully saturated rings. The first-order valence-corrected chi connectivity index (χ1v) is 10.6. The zero-order valence-electron chi connectivity index (χ0n) is 17.7. The molecule has 0 aliphatic carbocycles. The molecule has 0 spiro atoms. The molecule has 0 aromatic heterocycles. The quantitative estimate of drug-likeness (QED) is 0.405. The predicted octanol–water partition coefficient (Wildman–Crippen LogP) is 1.11. The van der Waals surface area contributed by atoms with Gasteiger partial charge in [0, 0.05) is 58.9 Å². The summed E-state index contributed by atoms with van der Waals surface area (Å²) in [7, 11) is 2.19. The molecule has 27 heavy (non-hydrogen) atoms. The van der Waals surface area contributed by atoms with Gasteiger partial charge in [0.15, 0.2) is 5.96 Å². The third kappa shape index (κ3) is 7.30. The highest BCUT2D eigenvalue weighted by Crippen LogP contribution is 2.19. The Labute approximate surface area is 165 Å². The van der Waals surface area contributed by atoms with E-state index in [9.17, 15) is 4.79 Å². The number of hydrogen-bond donors (Lipinski definition) is 1. The molecule has 7 nitrogen and oxygen atoms in total. The van der Waals surface area contributed by atoms with Gasteiger partial charge in [0.25, 0.3) is 0 Å². The van der Waals surface area contributed by atoms with E-state index in [-0.39, 0.29) is 11.9 Å². The summed E-state index contributed by atoms with van der Waals surface area (Å²) in [6.07, 6.45) is 1.69. The van der Waals surface area contributed by atoms with Crippen molar-refractivity contribution >= 4 is 11.9 Å². The molecular weight excluding hydrogens is 342 g/mol. The van der Waals surface area contributed by atoms with E-state index < -0.39 is 0 Å². The number of likely N-dealkylation sites (tertiary alicyclic amines) is 1. The van der Waals surface area contributed by atoms with Crippen molar-refractivity contribution in [2.45, 2.75) is 33.6 Å². The summed E-state index contributed by atoms with van der Waals surface area (Å²) in [6.45, 7) is 15.9. The average Bonchev–Trinajstić information content (AvgIpc) is 2.67.